The summed E-state index contributed by atoms with van der Waals surface area (Å²) in [5, 5.41) is 0. The van der Waals surface area contributed by atoms with Gasteiger partial charge in [-0.3, -0.25) is 0 Å². The van der Waals surface area contributed by atoms with Crippen LogP contribution in [0.15, 0.2) is 29.2 Å². The van der Waals surface area contributed by atoms with Crippen LogP contribution >= 0.6 is 0 Å². The molecule has 4 heteroatoms. The minimum atomic E-state index is -3.32. The molecule has 1 aromatic carbocycles. The molecule has 0 unspecified atom stereocenters. The molecule has 1 atom stereocenters. The smallest absolute Gasteiger partial charge is 0.207 e. The summed E-state index contributed by atoms with van der Waals surface area (Å²) in [4.78, 5) is 0.345. The molecule has 0 aliphatic heterocycles. The highest BCUT2D eigenvalue weighted by Crippen LogP contribution is 2.34. The first kappa shape index (κ1) is 15.2. The van der Waals surface area contributed by atoms with E-state index in [4.69, 9.17) is 0 Å². The molecule has 0 aromatic heterocycles. The Bertz CT molecular complexity index is 496. The fraction of sp³-hybridized carbons (Fsp3) is 0.571. The molecule has 0 radical (unpaired) electrons. The molecule has 1 aromatic rings. The number of hydrogen-bond acceptors (Lipinski definition) is 2. The highest BCUT2D eigenvalue weighted by molar-refractivity contribution is 7.89. The van der Waals surface area contributed by atoms with E-state index in [2.05, 4.69) is 27.7 Å². The van der Waals surface area contributed by atoms with Crippen molar-refractivity contribution < 1.29 is 8.42 Å². The van der Waals surface area contributed by atoms with Crippen LogP contribution in [-0.4, -0.2) is 26.8 Å². The van der Waals surface area contributed by atoms with E-state index in [0.29, 0.717) is 10.8 Å². The van der Waals surface area contributed by atoms with E-state index < -0.39 is 10.0 Å². The third kappa shape index (κ3) is 3.12. The predicted octanol–water partition coefficient (Wildman–Crippen LogP) is 3.09. The second-order valence-corrected chi connectivity index (χ2v) is 8.10. The molecule has 0 N–H and O–H groups in total. The number of hydrogen-bond donors (Lipinski definition) is 0. The molecule has 0 amide bonds. The molecule has 0 aliphatic rings. The van der Waals surface area contributed by atoms with Gasteiger partial charge in [-0.1, -0.05) is 39.8 Å². The molecule has 0 heterocycles. The first-order chi connectivity index (χ1) is 8.06. The van der Waals surface area contributed by atoms with Gasteiger partial charge in [-0.05, 0) is 29.0 Å². The summed E-state index contributed by atoms with van der Waals surface area (Å²) in [5.41, 5.74) is 1.34. The SMILES string of the molecule is C[C@H](c1ccc(S(=O)(=O)N(C)C)cc1)C(C)(C)C. The summed E-state index contributed by atoms with van der Waals surface area (Å²) in [6, 6.07) is 7.19. The molecule has 0 spiro atoms. The van der Waals surface area contributed by atoms with Crippen LogP contribution in [0.25, 0.3) is 0 Å². The van der Waals surface area contributed by atoms with E-state index >= 15 is 0 Å². The molecule has 3 nitrogen and oxygen atoms in total. The highest BCUT2D eigenvalue weighted by atomic mass is 32.2. The number of rotatable bonds is 3. The molecular weight excluding hydrogens is 246 g/mol. The van der Waals surface area contributed by atoms with E-state index in [-0.39, 0.29) is 5.41 Å². The Kier molecular flexibility index (Phi) is 4.23. The van der Waals surface area contributed by atoms with Crippen LogP contribution in [0.5, 0.6) is 0 Å². The van der Waals surface area contributed by atoms with Crippen molar-refractivity contribution in [2.75, 3.05) is 14.1 Å². The predicted molar refractivity (Wildman–Crippen MR) is 75.2 cm³/mol. The van der Waals surface area contributed by atoms with Gasteiger partial charge in [0.2, 0.25) is 10.0 Å². The second kappa shape index (κ2) is 5.02. The van der Waals surface area contributed by atoms with Gasteiger partial charge in [-0.15, -0.1) is 0 Å². The van der Waals surface area contributed by atoms with Gasteiger partial charge in [0.1, 0.15) is 0 Å². The van der Waals surface area contributed by atoms with Crippen molar-refractivity contribution >= 4 is 10.0 Å². The maximum absolute atomic E-state index is 11.9. The van der Waals surface area contributed by atoms with E-state index in [9.17, 15) is 8.42 Å². The zero-order valence-corrected chi connectivity index (χ0v) is 12.9. The zero-order chi connectivity index (χ0) is 14.1. The lowest BCUT2D eigenvalue weighted by Gasteiger charge is -2.27. The topological polar surface area (TPSA) is 37.4 Å². The number of nitrogens with zero attached hydrogens (tertiary/aromatic N) is 1. The maximum Gasteiger partial charge on any atom is 0.242 e. The van der Waals surface area contributed by atoms with Crippen molar-refractivity contribution in [2.24, 2.45) is 5.41 Å². The third-order valence-corrected chi connectivity index (χ3v) is 5.29. The van der Waals surface area contributed by atoms with Gasteiger partial charge in [0.15, 0.2) is 0 Å². The van der Waals surface area contributed by atoms with Crippen LogP contribution in [0.4, 0.5) is 0 Å². The first-order valence-corrected chi connectivity index (χ1v) is 7.53. The molecule has 18 heavy (non-hydrogen) atoms. The maximum atomic E-state index is 11.9. The molecule has 0 saturated carbocycles. The van der Waals surface area contributed by atoms with Gasteiger partial charge in [0.05, 0.1) is 4.90 Å². The molecule has 0 aliphatic carbocycles. The first-order valence-electron chi connectivity index (χ1n) is 6.09. The molecule has 0 fully saturated rings. The van der Waals surface area contributed by atoms with Crippen molar-refractivity contribution in [2.45, 2.75) is 38.5 Å². The van der Waals surface area contributed by atoms with Crippen molar-refractivity contribution in [3.05, 3.63) is 29.8 Å². The van der Waals surface area contributed by atoms with Crippen LogP contribution in [0, 0.1) is 5.41 Å². The Labute approximate surface area is 111 Å². The summed E-state index contributed by atoms with van der Waals surface area (Å²) in [6.07, 6.45) is 0. The van der Waals surface area contributed by atoms with Crippen LogP contribution in [0.3, 0.4) is 0 Å². The molecule has 0 bridgehead atoms. The van der Waals surface area contributed by atoms with Gasteiger partial charge < -0.3 is 0 Å². The Morgan fingerprint density at radius 1 is 1.06 bits per heavy atom. The van der Waals surface area contributed by atoms with Crippen LogP contribution in [-0.2, 0) is 10.0 Å². The highest BCUT2D eigenvalue weighted by Gasteiger charge is 2.22. The Morgan fingerprint density at radius 2 is 1.50 bits per heavy atom. The third-order valence-electron chi connectivity index (χ3n) is 3.46. The second-order valence-electron chi connectivity index (χ2n) is 5.94. The Morgan fingerprint density at radius 3 is 1.83 bits per heavy atom. The summed E-state index contributed by atoms with van der Waals surface area (Å²) < 4.78 is 25.1. The summed E-state index contributed by atoms with van der Waals surface area (Å²) in [5.74, 6) is 0.383. The normalized spacial score (nSPS) is 14.8. The molecule has 1 rings (SSSR count). The van der Waals surface area contributed by atoms with E-state index in [1.165, 1.54) is 9.87 Å². The zero-order valence-electron chi connectivity index (χ0n) is 12.1. The average molecular weight is 269 g/mol. The van der Waals surface area contributed by atoms with Crippen LogP contribution in [0.2, 0.25) is 0 Å². The fourth-order valence-corrected chi connectivity index (χ4v) is 2.54. The monoisotopic (exact) mass is 269 g/mol. The molecule has 0 saturated heterocycles. The summed E-state index contributed by atoms with van der Waals surface area (Å²) >= 11 is 0. The van der Waals surface area contributed by atoms with E-state index in [0.717, 1.165) is 0 Å². The molecular formula is C14H23NO2S. The number of sulfonamides is 1. The lowest BCUT2D eigenvalue weighted by atomic mass is 9.78. The quantitative estimate of drug-likeness (QED) is 0.845. The van der Waals surface area contributed by atoms with Gasteiger partial charge in [0.25, 0.3) is 0 Å². The van der Waals surface area contributed by atoms with Gasteiger partial charge in [0, 0.05) is 14.1 Å². The van der Waals surface area contributed by atoms with Crippen molar-refractivity contribution in [3.63, 3.8) is 0 Å². The average Bonchev–Trinajstić information content (AvgIpc) is 2.26. The van der Waals surface area contributed by atoms with Crippen molar-refractivity contribution in [3.8, 4) is 0 Å². The lowest BCUT2D eigenvalue weighted by molar-refractivity contribution is 0.339. The number of benzene rings is 1. The Hall–Kier alpha value is -0.870. The Balaban J connectivity index is 3.09. The van der Waals surface area contributed by atoms with Crippen molar-refractivity contribution in [1.29, 1.82) is 0 Å². The van der Waals surface area contributed by atoms with Gasteiger partial charge in [-0.2, -0.15) is 0 Å². The summed E-state index contributed by atoms with van der Waals surface area (Å²) in [7, 11) is -0.236. The van der Waals surface area contributed by atoms with Crippen LogP contribution < -0.4 is 0 Å². The summed E-state index contributed by atoms with van der Waals surface area (Å²) in [6.45, 7) is 8.71. The van der Waals surface area contributed by atoms with Crippen LogP contribution in [0.1, 0.15) is 39.2 Å². The van der Waals surface area contributed by atoms with Gasteiger partial charge >= 0.3 is 0 Å². The molecule has 102 valence electrons. The largest absolute Gasteiger partial charge is 0.242 e. The fourth-order valence-electron chi connectivity index (χ4n) is 1.64. The minimum absolute atomic E-state index is 0.169. The van der Waals surface area contributed by atoms with E-state index in [1.54, 1.807) is 26.2 Å². The van der Waals surface area contributed by atoms with Gasteiger partial charge in [-0.25, -0.2) is 12.7 Å². The standard InChI is InChI=1S/C14H23NO2S/c1-11(14(2,3)4)12-7-9-13(10-8-12)18(16,17)15(5)6/h7-11H,1-6H3/t11-/m1/s1. The van der Waals surface area contributed by atoms with Crippen molar-refractivity contribution in [1.82, 2.24) is 4.31 Å². The lowest BCUT2D eigenvalue weighted by Crippen LogP contribution is -2.22. The minimum Gasteiger partial charge on any atom is -0.207 e. The van der Waals surface area contributed by atoms with E-state index in [1.807, 2.05) is 12.1 Å².